The van der Waals surface area contributed by atoms with E-state index in [0.717, 1.165) is 19.3 Å². The van der Waals surface area contributed by atoms with Gasteiger partial charge in [-0.3, -0.25) is 4.79 Å². The summed E-state index contributed by atoms with van der Waals surface area (Å²) in [5.74, 6) is 0.231. The minimum absolute atomic E-state index is 0.231. The Labute approximate surface area is 118 Å². The molecule has 0 atom stereocenters. The van der Waals surface area contributed by atoms with Crippen LogP contribution in [0.3, 0.4) is 0 Å². The number of likely N-dealkylation sites (tertiary alicyclic amines) is 1. The van der Waals surface area contributed by atoms with Crippen molar-refractivity contribution < 1.29 is 9.90 Å². The number of nitrogens with zero attached hydrogens (tertiary/aromatic N) is 1. The molecule has 0 spiro atoms. The van der Waals surface area contributed by atoms with Crippen LogP contribution in [0.1, 0.15) is 78.1 Å². The summed E-state index contributed by atoms with van der Waals surface area (Å²) >= 11 is 0. The fraction of sp³-hybridized carbons (Fsp3) is 0.938. The normalized spacial score (nSPS) is 17.3. The maximum Gasteiger partial charge on any atom is 0.222 e. The molecule has 19 heavy (non-hydrogen) atoms. The van der Waals surface area contributed by atoms with Crippen molar-refractivity contribution in [3.8, 4) is 0 Å². The van der Waals surface area contributed by atoms with Gasteiger partial charge in [0.25, 0.3) is 0 Å². The topological polar surface area (TPSA) is 40.5 Å². The van der Waals surface area contributed by atoms with Crippen molar-refractivity contribution in [1.29, 1.82) is 0 Å². The summed E-state index contributed by atoms with van der Waals surface area (Å²) in [6.45, 7) is 5.40. The summed E-state index contributed by atoms with van der Waals surface area (Å²) in [5, 5.41) is 10.0. The summed E-state index contributed by atoms with van der Waals surface area (Å²) in [4.78, 5) is 13.7. The van der Waals surface area contributed by atoms with Gasteiger partial charge in [-0.15, -0.1) is 0 Å². The maximum atomic E-state index is 11.9. The summed E-state index contributed by atoms with van der Waals surface area (Å²) in [6.07, 6.45) is 11.2. The van der Waals surface area contributed by atoms with Crippen LogP contribution in [0.15, 0.2) is 0 Å². The summed E-state index contributed by atoms with van der Waals surface area (Å²) in [7, 11) is 0. The van der Waals surface area contributed by atoms with Gasteiger partial charge < -0.3 is 10.0 Å². The summed E-state index contributed by atoms with van der Waals surface area (Å²) in [5.41, 5.74) is -0.579. The molecule has 0 radical (unpaired) electrons. The molecule has 1 aliphatic rings. The lowest BCUT2D eigenvalue weighted by molar-refractivity contribution is -0.156. The molecule has 1 amide bonds. The van der Waals surface area contributed by atoms with E-state index in [4.69, 9.17) is 0 Å². The highest BCUT2D eigenvalue weighted by Gasteiger charge is 2.42. The van der Waals surface area contributed by atoms with Crippen LogP contribution < -0.4 is 0 Å². The first-order chi connectivity index (χ1) is 9.11. The SMILES string of the molecule is CCCCCCCCCC(=O)N1CC(O)(CCC)C1. The van der Waals surface area contributed by atoms with Crippen molar-refractivity contribution in [2.24, 2.45) is 0 Å². The van der Waals surface area contributed by atoms with E-state index < -0.39 is 5.60 Å². The highest BCUT2D eigenvalue weighted by molar-refractivity contribution is 5.77. The predicted octanol–water partition coefficient (Wildman–Crippen LogP) is 3.50. The number of hydrogen-bond donors (Lipinski definition) is 1. The second kappa shape index (κ2) is 8.57. The zero-order chi connectivity index (χ0) is 14.1. The average Bonchev–Trinajstić information content (AvgIpc) is 2.34. The second-order valence-electron chi connectivity index (χ2n) is 6.10. The average molecular weight is 269 g/mol. The minimum atomic E-state index is -0.579. The molecule has 0 aromatic heterocycles. The van der Waals surface area contributed by atoms with E-state index in [2.05, 4.69) is 13.8 Å². The van der Waals surface area contributed by atoms with Crippen molar-refractivity contribution in [1.82, 2.24) is 4.90 Å². The molecule has 0 aliphatic carbocycles. The van der Waals surface area contributed by atoms with E-state index in [1.165, 1.54) is 38.5 Å². The van der Waals surface area contributed by atoms with Gasteiger partial charge in [-0.2, -0.15) is 0 Å². The largest absolute Gasteiger partial charge is 0.386 e. The van der Waals surface area contributed by atoms with Gasteiger partial charge in [-0.25, -0.2) is 0 Å². The number of rotatable bonds is 10. The molecule has 1 N–H and O–H groups in total. The van der Waals surface area contributed by atoms with Crippen LogP contribution in [0.4, 0.5) is 0 Å². The highest BCUT2D eigenvalue weighted by Crippen LogP contribution is 2.26. The summed E-state index contributed by atoms with van der Waals surface area (Å²) < 4.78 is 0. The molecule has 3 nitrogen and oxygen atoms in total. The first kappa shape index (κ1) is 16.5. The van der Waals surface area contributed by atoms with Crippen molar-refractivity contribution in [2.75, 3.05) is 13.1 Å². The second-order valence-corrected chi connectivity index (χ2v) is 6.10. The van der Waals surface area contributed by atoms with Gasteiger partial charge in [0.15, 0.2) is 0 Å². The number of hydrogen-bond acceptors (Lipinski definition) is 2. The minimum Gasteiger partial charge on any atom is -0.386 e. The van der Waals surface area contributed by atoms with E-state index in [1.807, 2.05) is 4.90 Å². The number of unbranched alkanes of at least 4 members (excludes halogenated alkanes) is 6. The molecule has 1 saturated heterocycles. The Morgan fingerprint density at radius 2 is 1.58 bits per heavy atom. The quantitative estimate of drug-likeness (QED) is 0.617. The Balaban J connectivity index is 1.98. The molecular formula is C16H31NO2. The summed E-state index contributed by atoms with van der Waals surface area (Å²) in [6, 6.07) is 0. The Kier molecular flexibility index (Phi) is 7.44. The molecular weight excluding hydrogens is 238 g/mol. The van der Waals surface area contributed by atoms with Crippen LogP contribution in [0.25, 0.3) is 0 Å². The number of amides is 1. The lowest BCUT2D eigenvalue weighted by Crippen LogP contribution is -2.63. The molecule has 1 fully saturated rings. The van der Waals surface area contributed by atoms with Crippen LogP contribution in [0.2, 0.25) is 0 Å². The third kappa shape index (κ3) is 5.94. The Bertz CT molecular complexity index is 259. The Hall–Kier alpha value is -0.570. The van der Waals surface area contributed by atoms with Gasteiger partial charge in [-0.1, -0.05) is 58.8 Å². The fourth-order valence-electron chi connectivity index (χ4n) is 2.86. The lowest BCUT2D eigenvalue weighted by atomic mass is 9.89. The monoisotopic (exact) mass is 269 g/mol. The first-order valence-corrected chi connectivity index (χ1v) is 8.11. The van der Waals surface area contributed by atoms with Crippen molar-refractivity contribution >= 4 is 5.91 Å². The van der Waals surface area contributed by atoms with E-state index >= 15 is 0 Å². The first-order valence-electron chi connectivity index (χ1n) is 8.11. The smallest absolute Gasteiger partial charge is 0.222 e. The zero-order valence-electron chi connectivity index (χ0n) is 12.8. The van der Waals surface area contributed by atoms with Crippen LogP contribution >= 0.6 is 0 Å². The molecule has 1 heterocycles. The molecule has 0 bridgehead atoms. The fourth-order valence-corrected chi connectivity index (χ4v) is 2.86. The number of aliphatic hydroxyl groups is 1. The third-order valence-corrected chi connectivity index (χ3v) is 4.03. The number of carbonyl (C=O) groups excluding carboxylic acids is 1. The number of carbonyl (C=O) groups is 1. The van der Waals surface area contributed by atoms with Gasteiger partial charge >= 0.3 is 0 Å². The Morgan fingerprint density at radius 3 is 2.16 bits per heavy atom. The van der Waals surface area contributed by atoms with Crippen LogP contribution in [-0.4, -0.2) is 34.6 Å². The van der Waals surface area contributed by atoms with Gasteiger partial charge in [0, 0.05) is 6.42 Å². The molecule has 1 rings (SSSR count). The zero-order valence-corrected chi connectivity index (χ0v) is 12.8. The van der Waals surface area contributed by atoms with E-state index in [1.54, 1.807) is 0 Å². The molecule has 0 unspecified atom stereocenters. The van der Waals surface area contributed by atoms with Gasteiger partial charge in [0.05, 0.1) is 18.7 Å². The maximum absolute atomic E-state index is 11.9. The van der Waals surface area contributed by atoms with Crippen molar-refractivity contribution in [2.45, 2.75) is 83.7 Å². The van der Waals surface area contributed by atoms with Gasteiger partial charge in [0.2, 0.25) is 5.91 Å². The molecule has 112 valence electrons. The Morgan fingerprint density at radius 1 is 1.00 bits per heavy atom. The van der Waals surface area contributed by atoms with Crippen LogP contribution in [-0.2, 0) is 4.79 Å². The predicted molar refractivity (Wildman–Crippen MR) is 79.0 cm³/mol. The van der Waals surface area contributed by atoms with Crippen molar-refractivity contribution in [3.05, 3.63) is 0 Å². The lowest BCUT2D eigenvalue weighted by Gasteiger charge is -2.46. The van der Waals surface area contributed by atoms with Crippen LogP contribution in [0, 0.1) is 0 Å². The van der Waals surface area contributed by atoms with Crippen LogP contribution in [0.5, 0.6) is 0 Å². The molecule has 1 aliphatic heterocycles. The van der Waals surface area contributed by atoms with Gasteiger partial charge in [-0.05, 0) is 12.8 Å². The molecule has 3 heteroatoms. The van der Waals surface area contributed by atoms with Crippen molar-refractivity contribution in [3.63, 3.8) is 0 Å². The molecule has 0 saturated carbocycles. The van der Waals surface area contributed by atoms with E-state index in [9.17, 15) is 9.90 Å². The molecule has 0 aromatic rings. The van der Waals surface area contributed by atoms with E-state index in [0.29, 0.717) is 19.5 Å². The molecule has 0 aromatic carbocycles. The third-order valence-electron chi connectivity index (χ3n) is 4.03. The highest BCUT2D eigenvalue weighted by atomic mass is 16.3. The number of β-amino-alcohol motifs (C(OH)–C–C–N with tert-alkyl or cyclic N) is 1. The standard InChI is InChI=1S/C16H31NO2/c1-3-5-6-7-8-9-10-11-15(18)17-13-16(19,14-17)12-4-2/h19H,3-14H2,1-2H3. The van der Waals surface area contributed by atoms with E-state index in [-0.39, 0.29) is 5.91 Å². The van der Waals surface area contributed by atoms with Gasteiger partial charge in [0.1, 0.15) is 0 Å².